The fraction of sp³-hybridized carbons (Fsp3) is 0.286. The van der Waals surface area contributed by atoms with Crippen molar-refractivity contribution >= 4 is 23.2 Å². The second-order valence-electron chi connectivity index (χ2n) is 4.72. The Morgan fingerprint density at radius 1 is 1.26 bits per heavy atom. The lowest BCUT2D eigenvalue weighted by molar-refractivity contribution is 0.673. The first-order valence-electron chi connectivity index (χ1n) is 6.10. The molecule has 96 valence electrons. The molecular weight excluding hydrogens is 281 g/mol. The minimum absolute atomic E-state index is 0.415. The van der Waals surface area contributed by atoms with Crippen molar-refractivity contribution in [3.63, 3.8) is 0 Å². The molecule has 0 bridgehead atoms. The predicted molar refractivity (Wildman–Crippen MR) is 74.5 cm³/mol. The molecule has 0 amide bonds. The van der Waals surface area contributed by atoms with Gasteiger partial charge in [0.05, 0.1) is 12.2 Å². The van der Waals surface area contributed by atoms with Crippen molar-refractivity contribution in [1.82, 2.24) is 9.78 Å². The Bertz CT molecular complexity index is 649. The smallest absolute Gasteiger partial charge is 0.145 e. The molecule has 3 rings (SSSR count). The molecule has 0 saturated heterocycles. The van der Waals surface area contributed by atoms with Gasteiger partial charge in [0.15, 0.2) is 0 Å². The fourth-order valence-electron chi connectivity index (χ4n) is 2.07. The monoisotopic (exact) mass is 291 g/mol. The van der Waals surface area contributed by atoms with Gasteiger partial charge in [-0.3, -0.25) is 0 Å². The highest BCUT2D eigenvalue weighted by atomic mass is 35.5. The van der Waals surface area contributed by atoms with Gasteiger partial charge in [0.25, 0.3) is 0 Å². The summed E-state index contributed by atoms with van der Waals surface area (Å²) in [6.45, 7) is 0.553. The van der Waals surface area contributed by atoms with Crippen LogP contribution in [-0.4, -0.2) is 9.78 Å². The zero-order valence-electron chi connectivity index (χ0n) is 10.1. The molecule has 1 heterocycles. The Morgan fingerprint density at radius 2 is 1.95 bits per heavy atom. The van der Waals surface area contributed by atoms with E-state index in [1.807, 2.05) is 24.3 Å². The molecule has 0 aliphatic heterocycles. The van der Waals surface area contributed by atoms with Gasteiger partial charge in [-0.15, -0.1) is 0 Å². The third-order valence-electron chi connectivity index (χ3n) is 3.24. The van der Waals surface area contributed by atoms with E-state index in [9.17, 15) is 5.26 Å². The maximum absolute atomic E-state index is 9.19. The quantitative estimate of drug-likeness (QED) is 0.858. The highest BCUT2D eigenvalue weighted by Crippen LogP contribution is 2.42. The summed E-state index contributed by atoms with van der Waals surface area (Å²) in [5.41, 5.74) is 2.43. The van der Waals surface area contributed by atoms with Crippen LogP contribution in [0.25, 0.3) is 0 Å². The van der Waals surface area contributed by atoms with E-state index < -0.39 is 0 Å². The molecule has 2 aromatic rings. The van der Waals surface area contributed by atoms with E-state index in [0.717, 1.165) is 24.1 Å². The second-order valence-corrected chi connectivity index (χ2v) is 5.52. The molecule has 1 aliphatic rings. The number of nitrogens with zero attached hydrogens (tertiary/aromatic N) is 3. The molecule has 0 atom stereocenters. The summed E-state index contributed by atoms with van der Waals surface area (Å²) in [5.74, 6) is 0.415. The molecule has 1 aromatic heterocycles. The van der Waals surface area contributed by atoms with E-state index >= 15 is 0 Å². The maximum Gasteiger partial charge on any atom is 0.145 e. The van der Waals surface area contributed by atoms with Crippen LogP contribution < -0.4 is 0 Å². The van der Waals surface area contributed by atoms with Crippen molar-refractivity contribution in [3.8, 4) is 6.07 Å². The summed E-state index contributed by atoms with van der Waals surface area (Å²) in [7, 11) is 0. The predicted octanol–water partition coefficient (Wildman–Crippen LogP) is 3.99. The number of nitriles is 1. The summed E-state index contributed by atoms with van der Waals surface area (Å²) >= 11 is 12.1. The van der Waals surface area contributed by atoms with E-state index in [0.29, 0.717) is 28.2 Å². The Morgan fingerprint density at radius 3 is 2.53 bits per heavy atom. The van der Waals surface area contributed by atoms with Gasteiger partial charge in [-0.25, -0.2) is 4.68 Å². The molecule has 1 fully saturated rings. The molecule has 1 aromatic carbocycles. The van der Waals surface area contributed by atoms with E-state index in [-0.39, 0.29) is 0 Å². The standard InChI is InChI=1S/C14H11Cl2N3/c15-11-5-1-9(2-6-11)8-19-14(16)12(7-17)13(18-19)10-3-4-10/h1-2,5-6,10H,3-4,8H2. The van der Waals surface area contributed by atoms with Gasteiger partial charge in [-0.05, 0) is 30.5 Å². The molecule has 3 nitrogen and oxygen atoms in total. The largest absolute Gasteiger partial charge is 0.248 e. The van der Waals surface area contributed by atoms with Crippen LogP contribution >= 0.6 is 23.2 Å². The third-order valence-corrected chi connectivity index (χ3v) is 3.88. The summed E-state index contributed by atoms with van der Waals surface area (Å²) in [6.07, 6.45) is 2.20. The summed E-state index contributed by atoms with van der Waals surface area (Å²) in [6, 6.07) is 9.70. The first-order valence-corrected chi connectivity index (χ1v) is 6.85. The molecule has 1 aliphatic carbocycles. The van der Waals surface area contributed by atoms with E-state index in [2.05, 4.69) is 11.2 Å². The van der Waals surface area contributed by atoms with Crippen LogP contribution in [0.2, 0.25) is 10.2 Å². The number of hydrogen-bond donors (Lipinski definition) is 0. The van der Waals surface area contributed by atoms with Gasteiger partial charge in [-0.1, -0.05) is 35.3 Å². The van der Waals surface area contributed by atoms with E-state index in [1.54, 1.807) is 4.68 Å². The molecule has 1 saturated carbocycles. The number of aromatic nitrogens is 2. The van der Waals surface area contributed by atoms with E-state index in [1.165, 1.54) is 0 Å². The van der Waals surface area contributed by atoms with Crippen LogP contribution in [0.4, 0.5) is 0 Å². The number of benzene rings is 1. The zero-order valence-corrected chi connectivity index (χ0v) is 11.6. The van der Waals surface area contributed by atoms with Crippen LogP contribution in [0.15, 0.2) is 24.3 Å². The molecule has 0 radical (unpaired) electrons. The van der Waals surface area contributed by atoms with Gasteiger partial charge in [0.2, 0.25) is 0 Å². The minimum atomic E-state index is 0.415. The summed E-state index contributed by atoms with van der Waals surface area (Å²) < 4.78 is 1.69. The van der Waals surface area contributed by atoms with Crippen LogP contribution in [0.5, 0.6) is 0 Å². The molecular formula is C14H11Cl2N3. The fourth-order valence-corrected chi connectivity index (χ4v) is 2.43. The lowest BCUT2D eigenvalue weighted by atomic mass is 10.2. The zero-order chi connectivity index (χ0) is 13.4. The molecule has 5 heteroatoms. The van der Waals surface area contributed by atoms with Crippen LogP contribution in [-0.2, 0) is 6.54 Å². The van der Waals surface area contributed by atoms with Crippen molar-refractivity contribution < 1.29 is 0 Å². The first-order chi connectivity index (χ1) is 9.19. The van der Waals surface area contributed by atoms with Gasteiger partial charge >= 0.3 is 0 Å². The van der Waals surface area contributed by atoms with Crippen LogP contribution in [0.3, 0.4) is 0 Å². The molecule has 19 heavy (non-hydrogen) atoms. The van der Waals surface area contributed by atoms with Gasteiger partial charge in [0.1, 0.15) is 16.8 Å². The SMILES string of the molecule is N#Cc1c(C2CC2)nn(Cc2ccc(Cl)cc2)c1Cl. The van der Waals surface area contributed by atoms with Gasteiger partial charge in [0, 0.05) is 10.9 Å². The number of rotatable bonds is 3. The van der Waals surface area contributed by atoms with Crippen LogP contribution in [0, 0.1) is 11.3 Å². The lowest BCUT2D eigenvalue weighted by Crippen LogP contribution is -2.02. The normalized spacial score (nSPS) is 14.4. The van der Waals surface area contributed by atoms with Crippen molar-refractivity contribution in [2.45, 2.75) is 25.3 Å². The van der Waals surface area contributed by atoms with Gasteiger partial charge < -0.3 is 0 Å². The van der Waals surface area contributed by atoms with Crippen molar-refractivity contribution in [2.75, 3.05) is 0 Å². The third kappa shape index (κ3) is 2.47. The average molecular weight is 292 g/mol. The van der Waals surface area contributed by atoms with E-state index in [4.69, 9.17) is 23.2 Å². The lowest BCUT2D eigenvalue weighted by Gasteiger charge is -2.03. The molecule has 0 spiro atoms. The number of hydrogen-bond acceptors (Lipinski definition) is 2. The molecule has 0 unspecified atom stereocenters. The summed E-state index contributed by atoms with van der Waals surface area (Å²) in [4.78, 5) is 0. The Kier molecular flexibility index (Phi) is 3.22. The highest BCUT2D eigenvalue weighted by molar-refractivity contribution is 6.31. The number of halogens is 2. The second kappa shape index (κ2) is 4.88. The minimum Gasteiger partial charge on any atom is -0.248 e. The first kappa shape index (κ1) is 12.5. The summed E-state index contributed by atoms with van der Waals surface area (Å²) in [5, 5.41) is 14.8. The van der Waals surface area contributed by atoms with Crippen molar-refractivity contribution in [3.05, 3.63) is 51.3 Å². The van der Waals surface area contributed by atoms with Crippen molar-refractivity contribution in [2.24, 2.45) is 0 Å². The topological polar surface area (TPSA) is 41.6 Å². The maximum atomic E-state index is 9.19. The Balaban J connectivity index is 1.93. The van der Waals surface area contributed by atoms with Gasteiger partial charge in [-0.2, -0.15) is 10.4 Å². The Hall–Kier alpha value is -1.50. The Labute approximate surface area is 121 Å². The van der Waals surface area contributed by atoms with Crippen molar-refractivity contribution in [1.29, 1.82) is 5.26 Å². The molecule has 0 N–H and O–H groups in total. The average Bonchev–Trinajstić information content (AvgIpc) is 3.19. The highest BCUT2D eigenvalue weighted by Gasteiger charge is 2.31. The van der Waals surface area contributed by atoms with Crippen LogP contribution in [0.1, 0.15) is 35.6 Å².